The lowest BCUT2D eigenvalue weighted by molar-refractivity contribution is -0.126. The van der Waals surface area contributed by atoms with E-state index in [1.54, 1.807) is 0 Å². The fourth-order valence-electron chi connectivity index (χ4n) is 3.04. The van der Waals surface area contributed by atoms with Crippen LogP contribution in [0, 0.1) is 9.49 Å². The lowest BCUT2D eigenvalue weighted by Gasteiger charge is -2.30. The van der Waals surface area contributed by atoms with Crippen LogP contribution in [0.2, 0.25) is 0 Å². The number of hydrogen-bond acceptors (Lipinski definition) is 4. The molecular formula is C20H30IN3O3. The minimum atomic E-state index is -0.00994. The molecule has 0 unspecified atom stereocenters. The van der Waals surface area contributed by atoms with Crippen molar-refractivity contribution in [3.63, 3.8) is 0 Å². The fourth-order valence-corrected chi connectivity index (χ4v) is 3.40. The number of carbonyl (C=O) groups excluding carboxylic acids is 2. The summed E-state index contributed by atoms with van der Waals surface area (Å²) in [6, 6.07) is 7.75. The number of nitrogens with zero attached hydrogens (tertiary/aromatic N) is 1. The summed E-state index contributed by atoms with van der Waals surface area (Å²) in [5.74, 6) is 0.165. The molecule has 1 aliphatic heterocycles. The van der Waals surface area contributed by atoms with Gasteiger partial charge < -0.3 is 15.4 Å². The van der Waals surface area contributed by atoms with E-state index < -0.39 is 0 Å². The summed E-state index contributed by atoms with van der Waals surface area (Å²) in [5, 5.41) is 5.92. The number of benzene rings is 1. The minimum absolute atomic E-state index is 0.00994. The first-order valence-electron chi connectivity index (χ1n) is 9.61. The molecule has 2 rings (SSSR count). The van der Waals surface area contributed by atoms with E-state index in [2.05, 4.69) is 38.1 Å². The van der Waals surface area contributed by atoms with Crippen LogP contribution >= 0.6 is 22.6 Å². The van der Waals surface area contributed by atoms with Crippen molar-refractivity contribution in [2.75, 3.05) is 38.1 Å². The van der Waals surface area contributed by atoms with Gasteiger partial charge in [-0.1, -0.05) is 0 Å². The Morgan fingerprint density at radius 3 is 2.52 bits per heavy atom. The Morgan fingerprint density at radius 1 is 1.22 bits per heavy atom. The third kappa shape index (κ3) is 8.57. The number of likely N-dealkylation sites (tertiary alicyclic amines) is 1. The molecule has 0 saturated carbocycles. The monoisotopic (exact) mass is 487 g/mol. The highest BCUT2D eigenvalue weighted by Crippen LogP contribution is 2.17. The van der Waals surface area contributed by atoms with Crippen molar-refractivity contribution in [2.45, 2.75) is 39.2 Å². The number of hydrogen-bond donors (Lipinski definition) is 2. The van der Waals surface area contributed by atoms with E-state index in [0.29, 0.717) is 19.7 Å². The zero-order valence-electron chi connectivity index (χ0n) is 16.2. The van der Waals surface area contributed by atoms with Crippen molar-refractivity contribution >= 4 is 40.1 Å². The van der Waals surface area contributed by atoms with Gasteiger partial charge in [0.1, 0.15) is 0 Å². The molecule has 2 N–H and O–H groups in total. The van der Waals surface area contributed by atoms with Crippen molar-refractivity contribution in [3.8, 4) is 0 Å². The molecule has 0 bridgehead atoms. The smallest absolute Gasteiger partial charge is 0.238 e. The standard InChI is InChI=1S/C20H30IN3O3/c1-15(2)27-13-3-10-22-20(26)16-8-11-24(12-9-16)14-19(25)23-18-6-4-17(21)5-7-18/h4-7,15-16H,3,8-14H2,1-2H3,(H,22,26)(H,23,25). The Kier molecular flexibility index (Phi) is 9.50. The predicted molar refractivity (Wildman–Crippen MR) is 116 cm³/mol. The Morgan fingerprint density at radius 2 is 1.89 bits per heavy atom. The number of piperidine rings is 1. The highest BCUT2D eigenvalue weighted by molar-refractivity contribution is 14.1. The van der Waals surface area contributed by atoms with E-state index in [4.69, 9.17) is 4.74 Å². The molecule has 1 heterocycles. The normalized spacial score (nSPS) is 15.7. The molecule has 150 valence electrons. The van der Waals surface area contributed by atoms with Gasteiger partial charge in [0.15, 0.2) is 0 Å². The van der Waals surface area contributed by atoms with E-state index in [-0.39, 0.29) is 23.8 Å². The SMILES string of the molecule is CC(C)OCCCNC(=O)C1CCN(CC(=O)Nc2ccc(I)cc2)CC1. The molecule has 0 radical (unpaired) electrons. The summed E-state index contributed by atoms with van der Waals surface area (Å²) in [5.41, 5.74) is 0.816. The van der Waals surface area contributed by atoms with Crippen LogP contribution in [-0.4, -0.2) is 55.6 Å². The van der Waals surface area contributed by atoms with Crippen LogP contribution in [-0.2, 0) is 14.3 Å². The second kappa shape index (κ2) is 11.6. The molecular weight excluding hydrogens is 457 g/mol. The molecule has 1 fully saturated rings. The van der Waals surface area contributed by atoms with Crippen LogP contribution < -0.4 is 10.6 Å². The third-order valence-electron chi connectivity index (χ3n) is 4.53. The summed E-state index contributed by atoms with van der Waals surface area (Å²) in [6.07, 6.45) is 2.66. The van der Waals surface area contributed by atoms with E-state index in [9.17, 15) is 9.59 Å². The number of rotatable bonds is 9. The van der Waals surface area contributed by atoms with Gasteiger partial charge in [0.05, 0.1) is 12.6 Å². The summed E-state index contributed by atoms with van der Waals surface area (Å²) in [4.78, 5) is 26.5. The van der Waals surface area contributed by atoms with Gasteiger partial charge in [0, 0.05) is 28.3 Å². The number of anilines is 1. The van der Waals surface area contributed by atoms with Gasteiger partial charge in [-0.2, -0.15) is 0 Å². The number of halogens is 1. The van der Waals surface area contributed by atoms with Crippen molar-refractivity contribution in [1.29, 1.82) is 0 Å². The molecule has 0 spiro atoms. The van der Waals surface area contributed by atoms with Crippen molar-refractivity contribution in [2.24, 2.45) is 5.92 Å². The Bertz CT molecular complexity index is 599. The van der Waals surface area contributed by atoms with Crippen molar-refractivity contribution in [1.82, 2.24) is 10.2 Å². The van der Waals surface area contributed by atoms with Gasteiger partial charge in [0.25, 0.3) is 0 Å². The average Bonchev–Trinajstić information content (AvgIpc) is 2.63. The lowest BCUT2D eigenvalue weighted by atomic mass is 9.96. The Hall–Kier alpha value is -1.19. The van der Waals surface area contributed by atoms with Crippen molar-refractivity contribution < 1.29 is 14.3 Å². The molecule has 2 amide bonds. The van der Waals surface area contributed by atoms with Gasteiger partial charge >= 0.3 is 0 Å². The molecule has 0 atom stereocenters. The van der Waals surface area contributed by atoms with Crippen LogP contribution in [0.5, 0.6) is 0 Å². The van der Waals surface area contributed by atoms with Crippen LogP contribution in [0.3, 0.4) is 0 Å². The van der Waals surface area contributed by atoms with Gasteiger partial charge in [-0.3, -0.25) is 14.5 Å². The van der Waals surface area contributed by atoms with E-state index >= 15 is 0 Å². The van der Waals surface area contributed by atoms with Gasteiger partial charge in [-0.25, -0.2) is 0 Å². The molecule has 1 aromatic rings. The minimum Gasteiger partial charge on any atom is -0.379 e. The third-order valence-corrected chi connectivity index (χ3v) is 5.24. The maximum absolute atomic E-state index is 12.2. The molecule has 7 heteroatoms. The zero-order chi connectivity index (χ0) is 19.6. The summed E-state index contributed by atoms with van der Waals surface area (Å²) < 4.78 is 6.61. The second-order valence-corrected chi connectivity index (χ2v) is 8.42. The topological polar surface area (TPSA) is 70.7 Å². The van der Waals surface area contributed by atoms with Gasteiger partial charge in [0.2, 0.25) is 11.8 Å². The Labute approximate surface area is 175 Å². The Balaban J connectivity index is 1.62. The molecule has 6 nitrogen and oxygen atoms in total. The molecule has 0 aliphatic carbocycles. The van der Waals surface area contributed by atoms with E-state index in [1.807, 2.05) is 38.1 Å². The maximum atomic E-state index is 12.2. The molecule has 1 aliphatic rings. The highest BCUT2D eigenvalue weighted by atomic mass is 127. The van der Waals surface area contributed by atoms with E-state index in [1.165, 1.54) is 0 Å². The molecule has 1 aromatic carbocycles. The molecule has 0 aromatic heterocycles. The first kappa shape index (κ1) is 22.1. The summed E-state index contributed by atoms with van der Waals surface area (Å²) >= 11 is 2.24. The number of ether oxygens (including phenoxy) is 1. The largest absolute Gasteiger partial charge is 0.379 e. The first-order chi connectivity index (χ1) is 12.9. The van der Waals surface area contributed by atoms with Crippen LogP contribution in [0.15, 0.2) is 24.3 Å². The number of carbonyl (C=O) groups is 2. The summed E-state index contributed by atoms with van der Waals surface area (Å²) in [6.45, 7) is 7.26. The lowest BCUT2D eigenvalue weighted by Crippen LogP contribution is -2.43. The first-order valence-corrected chi connectivity index (χ1v) is 10.7. The average molecular weight is 487 g/mol. The maximum Gasteiger partial charge on any atom is 0.238 e. The summed E-state index contributed by atoms with van der Waals surface area (Å²) in [7, 11) is 0. The fraction of sp³-hybridized carbons (Fsp3) is 0.600. The second-order valence-electron chi connectivity index (χ2n) is 7.17. The zero-order valence-corrected chi connectivity index (χ0v) is 18.3. The number of nitrogens with one attached hydrogen (secondary N) is 2. The van der Waals surface area contributed by atoms with Crippen LogP contribution in [0.25, 0.3) is 0 Å². The molecule has 1 saturated heterocycles. The molecule has 27 heavy (non-hydrogen) atoms. The quantitative estimate of drug-likeness (QED) is 0.415. The predicted octanol–water partition coefficient (Wildman–Crippen LogP) is 2.87. The van der Waals surface area contributed by atoms with Gasteiger partial charge in [-0.05, 0) is 93.1 Å². The highest BCUT2D eigenvalue weighted by Gasteiger charge is 2.25. The van der Waals surface area contributed by atoms with Crippen LogP contribution in [0.4, 0.5) is 5.69 Å². The van der Waals surface area contributed by atoms with Crippen LogP contribution in [0.1, 0.15) is 33.1 Å². The van der Waals surface area contributed by atoms with Crippen molar-refractivity contribution in [3.05, 3.63) is 27.8 Å². The number of amides is 2. The van der Waals surface area contributed by atoms with Gasteiger partial charge in [-0.15, -0.1) is 0 Å². The van der Waals surface area contributed by atoms with E-state index in [0.717, 1.165) is 41.6 Å².